The first-order valence-electron chi connectivity index (χ1n) is 3.47. The quantitative estimate of drug-likeness (QED) is 0.737. The molecule has 0 radical (unpaired) electrons. The number of hydrogen-bond donors (Lipinski definition) is 0. The molecular weight excluding hydrogens is 335 g/mol. The molecule has 0 saturated carbocycles. The third-order valence-corrected chi connectivity index (χ3v) is 1.34. The van der Waals surface area contributed by atoms with Gasteiger partial charge in [0.15, 0.2) is 0 Å². The Morgan fingerprint density at radius 1 is 1.00 bits per heavy atom. The average Bonchev–Trinajstić information content (AvgIpc) is 1.88. The van der Waals surface area contributed by atoms with E-state index in [9.17, 15) is 0 Å². The molecule has 1 aromatic carbocycles. The zero-order valence-corrected chi connectivity index (χ0v) is 10.3. The second-order valence-electron chi connectivity index (χ2n) is 2.72. The molecule has 0 heterocycles. The standard InChI is InChI=1S/C9H13N.2Pd/c1-10(2)8-9-6-4-3-5-7-9;;/h3-7H,8H2,1-2H3;;. The van der Waals surface area contributed by atoms with Crippen molar-refractivity contribution in [2.75, 3.05) is 14.1 Å². The summed E-state index contributed by atoms with van der Waals surface area (Å²) in [4.78, 5) is 2.16. The summed E-state index contributed by atoms with van der Waals surface area (Å²) >= 11 is 0. The van der Waals surface area contributed by atoms with Crippen LogP contribution in [0.5, 0.6) is 0 Å². The molecule has 0 amide bonds. The van der Waals surface area contributed by atoms with E-state index in [1.807, 2.05) is 6.07 Å². The van der Waals surface area contributed by atoms with E-state index in [1.165, 1.54) is 5.56 Å². The normalized spacial score (nSPS) is 8.58. The predicted octanol–water partition coefficient (Wildman–Crippen LogP) is 1.74. The van der Waals surface area contributed by atoms with Gasteiger partial charge in [0.1, 0.15) is 0 Å². The molecule has 1 aromatic rings. The van der Waals surface area contributed by atoms with Crippen molar-refractivity contribution >= 4 is 0 Å². The van der Waals surface area contributed by atoms with Crippen LogP contribution in [0.3, 0.4) is 0 Å². The minimum absolute atomic E-state index is 0. The van der Waals surface area contributed by atoms with Crippen LogP contribution in [0.2, 0.25) is 0 Å². The van der Waals surface area contributed by atoms with Crippen LogP contribution in [0, 0.1) is 0 Å². The van der Waals surface area contributed by atoms with Crippen molar-refractivity contribution in [1.82, 2.24) is 4.90 Å². The van der Waals surface area contributed by atoms with Gasteiger partial charge < -0.3 is 4.90 Å². The Bertz CT molecular complexity index is 187. The SMILES string of the molecule is CN(C)Cc1ccccc1.[Pd].[Pd]. The Balaban J connectivity index is 0. The maximum absolute atomic E-state index is 2.16. The Morgan fingerprint density at radius 2 is 1.50 bits per heavy atom. The first-order chi connectivity index (χ1) is 4.79. The Hall–Kier alpha value is 0.505. The summed E-state index contributed by atoms with van der Waals surface area (Å²) < 4.78 is 0. The van der Waals surface area contributed by atoms with Crippen LogP contribution in [0.1, 0.15) is 5.56 Å². The van der Waals surface area contributed by atoms with Gasteiger partial charge in [-0.05, 0) is 19.7 Å². The zero-order chi connectivity index (χ0) is 7.40. The van der Waals surface area contributed by atoms with E-state index < -0.39 is 0 Å². The number of benzene rings is 1. The largest absolute Gasteiger partial charge is 0.305 e. The monoisotopic (exact) mass is 347 g/mol. The number of nitrogens with zero attached hydrogens (tertiary/aromatic N) is 1. The summed E-state index contributed by atoms with van der Waals surface area (Å²) in [7, 11) is 4.15. The summed E-state index contributed by atoms with van der Waals surface area (Å²) in [6, 6.07) is 10.5. The topological polar surface area (TPSA) is 3.24 Å². The molecule has 0 aliphatic rings. The van der Waals surface area contributed by atoms with Crippen LogP contribution in [0.15, 0.2) is 30.3 Å². The van der Waals surface area contributed by atoms with Gasteiger partial charge in [-0.1, -0.05) is 30.3 Å². The summed E-state index contributed by atoms with van der Waals surface area (Å²) in [6.07, 6.45) is 0. The first-order valence-corrected chi connectivity index (χ1v) is 3.47. The van der Waals surface area contributed by atoms with Crippen molar-refractivity contribution in [3.05, 3.63) is 35.9 Å². The second-order valence-corrected chi connectivity index (χ2v) is 2.72. The third-order valence-electron chi connectivity index (χ3n) is 1.34. The molecule has 0 spiro atoms. The van der Waals surface area contributed by atoms with Gasteiger partial charge in [-0.2, -0.15) is 0 Å². The Kier molecular flexibility index (Phi) is 10.1. The van der Waals surface area contributed by atoms with Crippen LogP contribution in [0.25, 0.3) is 0 Å². The fourth-order valence-corrected chi connectivity index (χ4v) is 0.949. The van der Waals surface area contributed by atoms with Gasteiger partial charge in [0.2, 0.25) is 0 Å². The molecule has 3 heteroatoms. The van der Waals surface area contributed by atoms with Gasteiger partial charge in [0, 0.05) is 47.4 Å². The van der Waals surface area contributed by atoms with Gasteiger partial charge in [-0.3, -0.25) is 0 Å². The molecule has 74 valence electrons. The van der Waals surface area contributed by atoms with Crippen molar-refractivity contribution in [3.8, 4) is 0 Å². The van der Waals surface area contributed by atoms with Crippen molar-refractivity contribution in [1.29, 1.82) is 0 Å². The maximum Gasteiger partial charge on any atom is 0.0227 e. The van der Waals surface area contributed by atoms with Gasteiger partial charge in [-0.15, -0.1) is 0 Å². The molecule has 0 bridgehead atoms. The van der Waals surface area contributed by atoms with E-state index in [0.717, 1.165) is 6.54 Å². The van der Waals surface area contributed by atoms with Crippen molar-refractivity contribution in [2.24, 2.45) is 0 Å². The van der Waals surface area contributed by atoms with Crippen molar-refractivity contribution in [3.63, 3.8) is 0 Å². The van der Waals surface area contributed by atoms with E-state index in [-0.39, 0.29) is 40.8 Å². The van der Waals surface area contributed by atoms with Gasteiger partial charge >= 0.3 is 0 Å². The van der Waals surface area contributed by atoms with Gasteiger partial charge in [0.25, 0.3) is 0 Å². The molecule has 12 heavy (non-hydrogen) atoms. The molecule has 0 saturated heterocycles. The molecule has 0 unspecified atom stereocenters. The molecule has 0 aromatic heterocycles. The molecule has 0 fully saturated rings. The number of rotatable bonds is 2. The van der Waals surface area contributed by atoms with Crippen molar-refractivity contribution < 1.29 is 40.8 Å². The van der Waals surface area contributed by atoms with E-state index >= 15 is 0 Å². The molecule has 0 N–H and O–H groups in total. The number of hydrogen-bond acceptors (Lipinski definition) is 1. The fourth-order valence-electron chi connectivity index (χ4n) is 0.949. The van der Waals surface area contributed by atoms with Crippen LogP contribution in [0.4, 0.5) is 0 Å². The predicted molar refractivity (Wildman–Crippen MR) is 43.8 cm³/mol. The summed E-state index contributed by atoms with van der Waals surface area (Å²) in [6.45, 7) is 1.03. The fraction of sp³-hybridized carbons (Fsp3) is 0.333. The summed E-state index contributed by atoms with van der Waals surface area (Å²) in [5.41, 5.74) is 1.37. The average molecular weight is 348 g/mol. The smallest absolute Gasteiger partial charge is 0.0227 e. The molecule has 0 aliphatic heterocycles. The third kappa shape index (κ3) is 6.07. The van der Waals surface area contributed by atoms with Crippen LogP contribution in [-0.4, -0.2) is 19.0 Å². The second kappa shape index (κ2) is 8.12. The van der Waals surface area contributed by atoms with E-state index in [4.69, 9.17) is 0 Å². The van der Waals surface area contributed by atoms with Gasteiger partial charge in [-0.25, -0.2) is 0 Å². The summed E-state index contributed by atoms with van der Waals surface area (Å²) in [5, 5.41) is 0. The molecule has 1 rings (SSSR count). The minimum atomic E-state index is 0. The molecular formula is C9H13NPd2. The van der Waals surface area contributed by atoms with E-state index in [2.05, 4.69) is 43.3 Å². The van der Waals surface area contributed by atoms with Crippen molar-refractivity contribution in [2.45, 2.75) is 6.54 Å². The Labute approximate surface area is 102 Å². The minimum Gasteiger partial charge on any atom is -0.305 e. The van der Waals surface area contributed by atoms with E-state index in [1.54, 1.807) is 0 Å². The van der Waals surface area contributed by atoms with Crippen LogP contribution >= 0.6 is 0 Å². The summed E-state index contributed by atoms with van der Waals surface area (Å²) in [5.74, 6) is 0. The molecule has 0 atom stereocenters. The molecule has 0 aliphatic carbocycles. The maximum atomic E-state index is 2.16. The van der Waals surface area contributed by atoms with Crippen LogP contribution < -0.4 is 0 Å². The van der Waals surface area contributed by atoms with E-state index in [0.29, 0.717) is 0 Å². The zero-order valence-electron chi connectivity index (χ0n) is 7.17. The molecule has 1 nitrogen and oxygen atoms in total. The van der Waals surface area contributed by atoms with Crippen LogP contribution in [-0.2, 0) is 47.4 Å². The Morgan fingerprint density at radius 3 is 1.92 bits per heavy atom. The van der Waals surface area contributed by atoms with Gasteiger partial charge in [0.05, 0.1) is 0 Å². The first kappa shape index (κ1) is 15.0.